The zero-order valence-electron chi connectivity index (χ0n) is 23.4. The second-order valence-corrected chi connectivity index (χ2v) is 13.7. The van der Waals surface area contributed by atoms with E-state index < -0.39 is 10.2 Å². The van der Waals surface area contributed by atoms with E-state index in [1.807, 2.05) is 11.8 Å². The van der Waals surface area contributed by atoms with Gasteiger partial charge in [0.2, 0.25) is 0 Å². The van der Waals surface area contributed by atoms with Crippen LogP contribution in [0.1, 0.15) is 16.7 Å². The van der Waals surface area contributed by atoms with Gasteiger partial charge in [-0.1, -0.05) is 12.1 Å². The molecule has 0 spiro atoms. The Morgan fingerprint density at radius 1 is 0.523 bits per heavy atom. The van der Waals surface area contributed by atoms with Crippen molar-refractivity contribution in [2.24, 2.45) is 0 Å². The number of benzene rings is 4. The summed E-state index contributed by atoms with van der Waals surface area (Å²) in [7, 11) is -4.94. The molecule has 0 aliphatic carbocycles. The maximum absolute atomic E-state index is 8.49. The van der Waals surface area contributed by atoms with Gasteiger partial charge in [-0.25, -0.2) is 18.6 Å². The molecule has 44 heavy (non-hydrogen) atoms. The first-order valence-corrected chi connectivity index (χ1v) is 17.4. The number of hydrogen-bond acceptors (Lipinski definition) is 5. The minimum absolute atomic E-state index is 0.250. The SMILES string of the molecule is C(/C=C/c1cc(-c2ccccc2)[se+]c(-c2ccccc2)c1)=C1C=C(c2ccccc2)SC(c2ccccc2)=C1.[O-][Cl+3]([O-])([O-])[O-]. The number of rotatable bonds is 6. The van der Waals surface area contributed by atoms with E-state index in [2.05, 4.69) is 164 Å². The molecule has 1 aromatic heterocycles. The molecule has 0 amide bonds. The van der Waals surface area contributed by atoms with Gasteiger partial charge >= 0.3 is 230 Å². The minimum atomic E-state index is -4.94. The molecule has 6 rings (SSSR count). The molecule has 0 saturated carbocycles. The molecule has 5 aromatic rings. The van der Waals surface area contributed by atoms with Gasteiger partial charge in [0, 0.05) is 0 Å². The van der Waals surface area contributed by atoms with Crippen LogP contribution in [0.15, 0.2) is 163 Å². The van der Waals surface area contributed by atoms with Gasteiger partial charge in [-0.05, 0) is 0 Å². The zero-order chi connectivity index (χ0) is 30.8. The summed E-state index contributed by atoms with van der Waals surface area (Å²) in [5, 5.41) is 0. The average Bonchev–Trinajstić information content (AvgIpc) is 3.05. The topological polar surface area (TPSA) is 92.2 Å². The van der Waals surface area contributed by atoms with Crippen molar-refractivity contribution in [1.29, 1.82) is 0 Å². The van der Waals surface area contributed by atoms with E-state index >= 15 is 0 Å². The van der Waals surface area contributed by atoms with Gasteiger partial charge in [-0.2, -0.15) is 0 Å². The summed E-state index contributed by atoms with van der Waals surface area (Å²) in [6, 6.07) is 47.6. The Labute approximate surface area is 269 Å². The molecule has 0 saturated heterocycles. The molecule has 0 radical (unpaired) electrons. The van der Waals surface area contributed by atoms with Crippen LogP contribution in [0.25, 0.3) is 35.9 Å². The third kappa shape index (κ3) is 9.60. The fourth-order valence-corrected chi connectivity index (χ4v) is 8.00. The van der Waals surface area contributed by atoms with Crippen LogP contribution >= 0.6 is 11.8 Å². The molecular weight excluding hydrogens is 655 g/mol. The number of halogens is 1. The summed E-state index contributed by atoms with van der Waals surface area (Å²) in [4.78, 5) is 2.53. The maximum Gasteiger partial charge on any atom is -0.112 e. The van der Waals surface area contributed by atoms with Gasteiger partial charge in [0.25, 0.3) is 0 Å². The third-order valence-corrected chi connectivity index (χ3v) is 9.99. The monoisotopic (exact) mass is 682 g/mol. The van der Waals surface area contributed by atoms with Crippen LogP contribution in [0, 0.1) is 10.2 Å². The predicted molar refractivity (Wildman–Crippen MR) is 172 cm³/mol. The Bertz CT molecular complexity index is 1680. The van der Waals surface area contributed by atoms with Crippen molar-refractivity contribution in [3.63, 3.8) is 0 Å². The summed E-state index contributed by atoms with van der Waals surface area (Å²) in [5.74, 6) is 0. The van der Waals surface area contributed by atoms with Gasteiger partial charge in [-0.3, -0.25) is 0 Å². The molecule has 1 aliphatic heterocycles. The summed E-state index contributed by atoms with van der Waals surface area (Å²) in [6.45, 7) is 0. The van der Waals surface area contributed by atoms with Crippen molar-refractivity contribution >= 4 is 42.2 Å². The van der Waals surface area contributed by atoms with Crippen molar-refractivity contribution in [2.45, 2.75) is 0 Å². The third-order valence-electron chi connectivity index (χ3n) is 6.44. The fraction of sp³-hybridized carbons (Fsp3) is 0. The summed E-state index contributed by atoms with van der Waals surface area (Å²) in [5.41, 5.74) is 7.52. The van der Waals surface area contributed by atoms with Gasteiger partial charge in [0.15, 0.2) is 0 Å². The van der Waals surface area contributed by atoms with E-state index in [0.717, 1.165) is 0 Å². The van der Waals surface area contributed by atoms with E-state index in [9.17, 15) is 0 Å². The second-order valence-electron chi connectivity index (χ2n) is 9.61. The molecule has 4 aromatic carbocycles. The first-order chi connectivity index (χ1) is 21.3. The Kier molecular flexibility index (Phi) is 11.0. The van der Waals surface area contributed by atoms with Crippen molar-refractivity contribution < 1.29 is 28.9 Å². The Morgan fingerprint density at radius 3 is 1.27 bits per heavy atom. The van der Waals surface area contributed by atoms with Crippen LogP contribution in [0.3, 0.4) is 0 Å². The van der Waals surface area contributed by atoms with E-state index in [-0.39, 0.29) is 14.5 Å². The smallest absolute Gasteiger partial charge is 0.112 e. The molecule has 4 nitrogen and oxygen atoms in total. The van der Waals surface area contributed by atoms with E-state index in [0.29, 0.717) is 0 Å². The molecule has 0 bridgehead atoms. The first kappa shape index (κ1) is 31.6. The molecule has 0 fully saturated rings. The van der Waals surface area contributed by atoms with Crippen molar-refractivity contribution in [3.05, 3.63) is 180 Å². The standard InChI is InChI=1S/C37H27SSe.ClHO4/c1-5-16-30(17-6-1)34-24-28(25-35(38-34)31-18-7-2-8-19-31)14-13-15-29-26-36(32-20-9-3-10-21-32)39-37(27-29)33-22-11-4-12-23-33;2-1(3,4)5/h1-27H;(H,2,3,4,5)/q+1;/p-1/b15-13+;. The first-order valence-electron chi connectivity index (χ1n) is 13.6. The van der Waals surface area contributed by atoms with Crippen LogP contribution < -0.4 is 18.6 Å². The van der Waals surface area contributed by atoms with Gasteiger partial charge in [-0.15, -0.1) is 10.2 Å². The molecule has 0 N–H and O–H groups in total. The number of hydrogen-bond donors (Lipinski definition) is 0. The second kappa shape index (κ2) is 15.3. The maximum atomic E-state index is 8.49. The fourth-order valence-electron chi connectivity index (χ4n) is 4.49. The quantitative estimate of drug-likeness (QED) is 0.225. The number of thioether (sulfide) groups is 1. The Balaban J connectivity index is 0.000000712. The van der Waals surface area contributed by atoms with Crippen molar-refractivity contribution in [2.75, 3.05) is 0 Å². The molecule has 7 heteroatoms. The summed E-state index contributed by atoms with van der Waals surface area (Å²) < 4.78 is 36.8. The normalized spacial score (nSPS) is 13.0. The van der Waals surface area contributed by atoms with Crippen molar-refractivity contribution in [1.82, 2.24) is 0 Å². The average molecular weight is 682 g/mol. The van der Waals surface area contributed by atoms with Crippen LogP contribution in [-0.4, -0.2) is 14.5 Å². The molecule has 0 unspecified atom stereocenters. The zero-order valence-corrected chi connectivity index (χ0v) is 26.7. The molecule has 218 valence electrons. The van der Waals surface area contributed by atoms with Crippen LogP contribution in [-0.2, 0) is 0 Å². The van der Waals surface area contributed by atoms with E-state index in [4.69, 9.17) is 18.6 Å². The van der Waals surface area contributed by atoms with E-state index in [1.165, 1.54) is 52.1 Å². The van der Waals surface area contributed by atoms with Crippen LogP contribution in [0.4, 0.5) is 0 Å². The summed E-state index contributed by atoms with van der Waals surface area (Å²) >= 11 is 2.08. The Morgan fingerprint density at radius 2 is 0.886 bits per heavy atom. The van der Waals surface area contributed by atoms with Gasteiger partial charge in [0.05, 0.1) is 0 Å². The largest absolute Gasteiger partial charge is 0.222 e. The molecule has 2 heterocycles. The molecule has 0 atom stereocenters. The van der Waals surface area contributed by atoms with Crippen LogP contribution in [0.2, 0.25) is 0 Å². The van der Waals surface area contributed by atoms with Crippen LogP contribution in [0.5, 0.6) is 0 Å². The number of allylic oxidation sites excluding steroid dienone is 5. The van der Waals surface area contributed by atoms with Gasteiger partial charge < -0.3 is 0 Å². The minimum Gasteiger partial charge on any atom is -0.222 e. The molecule has 1 aliphatic rings. The molecular formula is C37H27ClO4SSe. The van der Waals surface area contributed by atoms with Gasteiger partial charge in [0.1, 0.15) is 0 Å². The van der Waals surface area contributed by atoms with Crippen molar-refractivity contribution in [3.8, 4) is 20.0 Å². The van der Waals surface area contributed by atoms with E-state index in [1.54, 1.807) is 0 Å². The Hall–Kier alpha value is -3.81. The predicted octanol–water partition coefficient (Wildman–Crippen LogP) is 5.37. The summed E-state index contributed by atoms with van der Waals surface area (Å²) in [6.07, 6.45) is 11.2.